The molecular formula is C24H30N+. The number of pyridine rings is 1. The second-order valence-corrected chi connectivity index (χ2v) is 7.94. The van der Waals surface area contributed by atoms with Crippen molar-refractivity contribution in [1.29, 1.82) is 0 Å². The molecule has 0 spiro atoms. The molecule has 0 bridgehead atoms. The molecule has 1 heteroatoms. The van der Waals surface area contributed by atoms with Crippen LogP contribution in [0, 0.1) is 13.8 Å². The van der Waals surface area contributed by atoms with Crippen molar-refractivity contribution in [1.82, 2.24) is 0 Å². The minimum absolute atomic E-state index is 0.533. The largest absolute Gasteiger partial charge is 0.220 e. The van der Waals surface area contributed by atoms with E-state index in [0.717, 1.165) is 0 Å². The zero-order valence-electron chi connectivity index (χ0n) is 16.6. The van der Waals surface area contributed by atoms with Crippen molar-refractivity contribution >= 4 is 10.8 Å². The first kappa shape index (κ1) is 17.7. The molecule has 0 saturated carbocycles. The number of hydrogen-bond donors (Lipinski definition) is 0. The fourth-order valence-corrected chi connectivity index (χ4v) is 3.55. The first-order valence-corrected chi connectivity index (χ1v) is 9.33. The van der Waals surface area contributed by atoms with Gasteiger partial charge in [0.05, 0.1) is 10.9 Å². The van der Waals surface area contributed by atoms with Crippen LogP contribution in [-0.4, -0.2) is 0 Å². The summed E-state index contributed by atoms with van der Waals surface area (Å²) in [5, 5.41) is 2.66. The highest BCUT2D eigenvalue weighted by molar-refractivity contribution is 5.94. The Morgan fingerprint density at radius 1 is 0.800 bits per heavy atom. The van der Waals surface area contributed by atoms with E-state index in [4.69, 9.17) is 0 Å². The number of rotatable bonds is 3. The SMILES string of the molecule is Cc1cc(C(C)C)cc(-c2c3ccc(C(C)C)cc3cc[n+]2C)c1C. The molecule has 25 heavy (non-hydrogen) atoms. The molecule has 0 amide bonds. The summed E-state index contributed by atoms with van der Waals surface area (Å²) in [6, 6.07) is 13.9. The third kappa shape index (κ3) is 3.20. The van der Waals surface area contributed by atoms with Gasteiger partial charge in [0.25, 0.3) is 0 Å². The number of hydrogen-bond acceptors (Lipinski definition) is 0. The van der Waals surface area contributed by atoms with E-state index < -0.39 is 0 Å². The monoisotopic (exact) mass is 332 g/mol. The average Bonchev–Trinajstić information content (AvgIpc) is 2.57. The molecule has 0 aliphatic rings. The lowest BCUT2D eigenvalue weighted by molar-refractivity contribution is -0.659. The first-order valence-electron chi connectivity index (χ1n) is 9.33. The van der Waals surface area contributed by atoms with Gasteiger partial charge in [-0.1, -0.05) is 45.9 Å². The van der Waals surface area contributed by atoms with Crippen molar-refractivity contribution in [2.24, 2.45) is 7.05 Å². The predicted molar refractivity (Wildman–Crippen MR) is 108 cm³/mol. The summed E-state index contributed by atoms with van der Waals surface area (Å²) in [7, 11) is 2.15. The minimum Gasteiger partial charge on any atom is -0.200 e. The predicted octanol–water partition coefficient (Wildman–Crippen LogP) is 6.19. The lowest BCUT2D eigenvalue weighted by Crippen LogP contribution is -2.31. The van der Waals surface area contributed by atoms with Crippen molar-refractivity contribution in [3.8, 4) is 11.3 Å². The van der Waals surface area contributed by atoms with Gasteiger partial charge in [0.15, 0.2) is 6.20 Å². The number of aromatic nitrogens is 1. The molecule has 0 radical (unpaired) electrons. The van der Waals surface area contributed by atoms with Crippen LogP contribution in [0.15, 0.2) is 42.6 Å². The van der Waals surface area contributed by atoms with Crippen LogP contribution in [0.5, 0.6) is 0 Å². The summed E-state index contributed by atoms with van der Waals surface area (Å²) < 4.78 is 2.27. The first-order chi connectivity index (χ1) is 11.8. The van der Waals surface area contributed by atoms with Crippen molar-refractivity contribution in [3.05, 3.63) is 64.8 Å². The molecule has 1 aromatic heterocycles. The van der Waals surface area contributed by atoms with Crippen LogP contribution in [0.2, 0.25) is 0 Å². The van der Waals surface area contributed by atoms with E-state index in [9.17, 15) is 0 Å². The van der Waals surface area contributed by atoms with Gasteiger partial charge >= 0.3 is 0 Å². The number of aryl methyl sites for hydroxylation is 2. The Hall–Kier alpha value is -2.15. The second-order valence-electron chi connectivity index (χ2n) is 7.94. The van der Waals surface area contributed by atoms with Crippen molar-refractivity contribution in [2.75, 3.05) is 0 Å². The van der Waals surface area contributed by atoms with E-state index in [2.05, 4.69) is 95.8 Å². The number of fused-ring (bicyclic) bond motifs is 1. The van der Waals surface area contributed by atoms with Crippen molar-refractivity contribution in [2.45, 2.75) is 53.4 Å². The Labute approximate surface area is 152 Å². The van der Waals surface area contributed by atoms with Crippen LogP contribution in [0.25, 0.3) is 22.0 Å². The normalized spacial score (nSPS) is 11.7. The van der Waals surface area contributed by atoms with Gasteiger partial charge in [-0.15, -0.1) is 0 Å². The maximum absolute atomic E-state index is 2.39. The van der Waals surface area contributed by atoms with E-state index >= 15 is 0 Å². The number of nitrogens with zero attached hydrogens (tertiary/aromatic N) is 1. The standard InChI is InChI=1S/C24H30N/c1-15(2)19-8-9-22-20(13-19)10-11-25(7)24(22)23-14-21(16(3)4)12-17(5)18(23)6/h8-16H,1-7H3/q+1. The van der Waals surface area contributed by atoms with Gasteiger partial charge < -0.3 is 0 Å². The Balaban J connectivity index is 2.34. The maximum atomic E-state index is 2.39. The highest BCUT2D eigenvalue weighted by Crippen LogP contribution is 2.33. The molecule has 1 heterocycles. The smallest absolute Gasteiger partial charge is 0.200 e. The average molecular weight is 333 g/mol. The highest BCUT2D eigenvalue weighted by atomic mass is 14.9. The highest BCUT2D eigenvalue weighted by Gasteiger charge is 2.19. The van der Waals surface area contributed by atoms with Crippen LogP contribution in [0.1, 0.15) is 61.8 Å². The molecule has 0 N–H and O–H groups in total. The van der Waals surface area contributed by atoms with Crippen LogP contribution in [0.4, 0.5) is 0 Å². The molecule has 0 unspecified atom stereocenters. The Morgan fingerprint density at radius 2 is 1.48 bits per heavy atom. The fourth-order valence-electron chi connectivity index (χ4n) is 3.55. The lowest BCUT2D eigenvalue weighted by atomic mass is 9.90. The van der Waals surface area contributed by atoms with Crippen molar-refractivity contribution < 1.29 is 4.57 Å². The quantitative estimate of drug-likeness (QED) is 0.503. The Kier molecular flexibility index (Phi) is 4.69. The molecular weight excluding hydrogens is 302 g/mol. The van der Waals surface area contributed by atoms with Gasteiger partial charge in [-0.25, -0.2) is 4.57 Å². The summed E-state index contributed by atoms with van der Waals surface area (Å²) in [6.07, 6.45) is 2.19. The van der Waals surface area contributed by atoms with Gasteiger partial charge in [0, 0.05) is 6.07 Å². The minimum atomic E-state index is 0.533. The third-order valence-corrected chi connectivity index (χ3v) is 5.44. The Morgan fingerprint density at radius 3 is 2.12 bits per heavy atom. The summed E-state index contributed by atoms with van der Waals surface area (Å²) >= 11 is 0. The van der Waals surface area contributed by atoms with Gasteiger partial charge in [0.2, 0.25) is 5.69 Å². The van der Waals surface area contributed by atoms with E-state index in [-0.39, 0.29) is 0 Å². The zero-order chi connectivity index (χ0) is 18.3. The molecule has 3 aromatic rings. The van der Waals surface area contributed by atoms with E-state index in [1.54, 1.807) is 0 Å². The molecule has 3 rings (SSSR count). The van der Waals surface area contributed by atoms with Gasteiger partial charge in [-0.2, -0.15) is 0 Å². The van der Waals surface area contributed by atoms with E-state index in [0.29, 0.717) is 11.8 Å². The molecule has 0 saturated heterocycles. The number of benzene rings is 2. The molecule has 2 aromatic carbocycles. The summed E-state index contributed by atoms with van der Waals surface area (Å²) in [5.41, 5.74) is 8.23. The van der Waals surface area contributed by atoms with Gasteiger partial charge in [-0.05, 0) is 65.5 Å². The van der Waals surface area contributed by atoms with Gasteiger partial charge in [0.1, 0.15) is 7.05 Å². The van der Waals surface area contributed by atoms with E-state index in [1.807, 2.05) is 0 Å². The van der Waals surface area contributed by atoms with Crippen LogP contribution >= 0.6 is 0 Å². The second kappa shape index (κ2) is 6.63. The summed E-state index contributed by atoms with van der Waals surface area (Å²) in [6.45, 7) is 13.5. The molecule has 1 nitrogen and oxygen atoms in total. The van der Waals surface area contributed by atoms with Gasteiger partial charge in [-0.3, -0.25) is 0 Å². The van der Waals surface area contributed by atoms with Crippen LogP contribution < -0.4 is 4.57 Å². The van der Waals surface area contributed by atoms with Crippen LogP contribution in [-0.2, 0) is 7.05 Å². The van der Waals surface area contributed by atoms with E-state index in [1.165, 1.54) is 44.3 Å². The third-order valence-electron chi connectivity index (χ3n) is 5.44. The Bertz CT molecular complexity index is 932. The molecule has 0 aliphatic heterocycles. The van der Waals surface area contributed by atoms with Crippen molar-refractivity contribution in [3.63, 3.8) is 0 Å². The topological polar surface area (TPSA) is 3.88 Å². The lowest BCUT2D eigenvalue weighted by Gasteiger charge is -2.15. The maximum Gasteiger partial charge on any atom is 0.220 e. The van der Waals surface area contributed by atoms with Crippen LogP contribution in [0.3, 0.4) is 0 Å². The molecule has 0 aliphatic carbocycles. The zero-order valence-corrected chi connectivity index (χ0v) is 16.6. The summed E-state index contributed by atoms with van der Waals surface area (Å²) in [4.78, 5) is 0. The molecule has 0 atom stereocenters. The summed E-state index contributed by atoms with van der Waals surface area (Å²) in [5.74, 6) is 1.08. The molecule has 130 valence electrons. The molecule has 0 fully saturated rings. The fraction of sp³-hybridized carbons (Fsp3) is 0.375.